The number of hydrogen-bond donors (Lipinski definition) is 3. The van der Waals surface area contributed by atoms with Crippen LogP contribution in [0.15, 0.2) is 29.4 Å². The van der Waals surface area contributed by atoms with E-state index in [1.54, 1.807) is 6.21 Å². The maximum Gasteiger partial charge on any atom is 0.490 e. The molecule has 0 aromatic heterocycles. The first-order chi connectivity index (χ1) is 15.5. The van der Waals surface area contributed by atoms with Gasteiger partial charge < -0.3 is 21.0 Å². The number of alkyl halides is 3. The first-order valence-corrected chi connectivity index (χ1v) is 10.6. The van der Waals surface area contributed by atoms with Gasteiger partial charge in [-0.05, 0) is 37.5 Å². The summed E-state index contributed by atoms with van der Waals surface area (Å²) in [6.45, 7) is 7.31. The van der Waals surface area contributed by atoms with Crippen molar-refractivity contribution in [2.45, 2.75) is 38.0 Å². The Labute approximate surface area is 190 Å². The number of carbonyl (C=O) groups is 2. The third-order valence-corrected chi connectivity index (χ3v) is 5.79. The van der Waals surface area contributed by atoms with E-state index in [0.717, 1.165) is 51.1 Å². The molecule has 12 heteroatoms. The van der Waals surface area contributed by atoms with Crippen LogP contribution < -0.4 is 10.7 Å². The first-order valence-electron chi connectivity index (χ1n) is 10.6. The van der Waals surface area contributed by atoms with Crippen molar-refractivity contribution in [1.82, 2.24) is 9.80 Å². The largest absolute Gasteiger partial charge is 0.490 e. The molecule has 0 amide bonds. The third kappa shape index (κ3) is 8.21. The van der Waals surface area contributed by atoms with Crippen LogP contribution in [-0.2, 0) is 9.59 Å². The van der Waals surface area contributed by atoms with Crippen molar-refractivity contribution in [3.05, 3.63) is 29.8 Å². The van der Waals surface area contributed by atoms with Crippen molar-refractivity contribution in [3.63, 3.8) is 0 Å². The van der Waals surface area contributed by atoms with E-state index in [1.165, 1.54) is 5.69 Å². The fourth-order valence-electron chi connectivity index (χ4n) is 4.21. The number of aliphatic carboxylic acids is 2. The molecule has 0 aliphatic carbocycles. The normalized spacial score (nSPS) is 21.0. The summed E-state index contributed by atoms with van der Waals surface area (Å²) in [5, 5.41) is 19.6. The second kappa shape index (κ2) is 11.8. The molecule has 9 nitrogen and oxygen atoms in total. The van der Waals surface area contributed by atoms with Gasteiger partial charge in [0, 0.05) is 50.5 Å². The topological polar surface area (TPSA) is 123 Å². The minimum atomic E-state index is -5.08. The van der Waals surface area contributed by atoms with Gasteiger partial charge in [-0.25, -0.2) is 4.79 Å². The van der Waals surface area contributed by atoms with Gasteiger partial charge in [-0.3, -0.25) is 14.6 Å². The standard InChI is InChI=1S/C19H29N5O2.C2HF3O2/c1-15-13-23(17-4-2-16(3-5-17)12-21-20)10-11-24(15)18-6-8-22(9-7-18)14-19(25)26;3-2(4,5)1(6)7/h2-5,12,15,18H,6-11,13-14,20H2,1H3,(H,25,26);(H,6,7)/b21-12-;. The summed E-state index contributed by atoms with van der Waals surface area (Å²) in [5.74, 6) is 1.71. The monoisotopic (exact) mass is 473 g/mol. The average molecular weight is 473 g/mol. The van der Waals surface area contributed by atoms with E-state index in [4.69, 9.17) is 20.9 Å². The van der Waals surface area contributed by atoms with Gasteiger partial charge in [0.1, 0.15) is 0 Å². The van der Waals surface area contributed by atoms with Crippen molar-refractivity contribution in [3.8, 4) is 0 Å². The molecule has 2 fully saturated rings. The highest BCUT2D eigenvalue weighted by Crippen LogP contribution is 2.25. The fraction of sp³-hybridized carbons (Fsp3) is 0.571. The third-order valence-electron chi connectivity index (χ3n) is 5.79. The van der Waals surface area contributed by atoms with E-state index in [2.05, 4.69) is 34.0 Å². The number of nitrogens with zero attached hydrogens (tertiary/aromatic N) is 4. The maximum atomic E-state index is 10.9. The molecule has 184 valence electrons. The highest BCUT2D eigenvalue weighted by Gasteiger charge is 2.38. The molecule has 0 spiro atoms. The second-order valence-corrected chi connectivity index (χ2v) is 8.11. The van der Waals surface area contributed by atoms with E-state index < -0.39 is 18.1 Å². The summed E-state index contributed by atoms with van der Waals surface area (Å²) in [7, 11) is 0. The van der Waals surface area contributed by atoms with Crippen LogP contribution in [0.4, 0.5) is 18.9 Å². The van der Waals surface area contributed by atoms with E-state index in [0.29, 0.717) is 12.1 Å². The number of hydrazone groups is 1. The van der Waals surface area contributed by atoms with Crippen LogP contribution in [0.2, 0.25) is 0 Å². The number of anilines is 1. The van der Waals surface area contributed by atoms with Crippen molar-refractivity contribution in [1.29, 1.82) is 0 Å². The van der Waals surface area contributed by atoms with Gasteiger partial charge in [0.05, 0.1) is 12.8 Å². The molecule has 0 bridgehead atoms. The maximum absolute atomic E-state index is 10.9. The molecule has 2 saturated heterocycles. The number of carboxylic acid groups (broad SMARTS) is 2. The fourth-order valence-corrected chi connectivity index (χ4v) is 4.21. The first kappa shape index (κ1) is 26.4. The zero-order valence-electron chi connectivity index (χ0n) is 18.4. The summed E-state index contributed by atoms with van der Waals surface area (Å²) < 4.78 is 31.7. The van der Waals surface area contributed by atoms with Gasteiger partial charge in [0.25, 0.3) is 0 Å². The number of hydrogen-bond acceptors (Lipinski definition) is 7. The van der Waals surface area contributed by atoms with Crippen LogP contribution >= 0.6 is 0 Å². The molecule has 2 aliphatic heterocycles. The summed E-state index contributed by atoms with van der Waals surface area (Å²) in [6, 6.07) is 9.40. The van der Waals surface area contributed by atoms with Crippen LogP contribution in [0.5, 0.6) is 0 Å². The molecular weight excluding hydrogens is 443 g/mol. The lowest BCUT2D eigenvalue weighted by Crippen LogP contribution is -2.57. The molecule has 3 rings (SSSR count). The zero-order valence-corrected chi connectivity index (χ0v) is 18.4. The number of piperazine rings is 1. The molecule has 33 heavy (non-hydrogen) atoms. The van der Waals surface area contributed by atoms with Crippen LogP contribution in [0.3, 0.4) is 0 Å². The van der Waals surface area contributed by atoms with Gasteiger partial charge in [0.15, 0.2) is 0 Å². The highest BCUT2D eigenvalue weighted by atomic mass is 19.4. The van der Waals surface area contributed by atoms with Crippen molar-refractivity contribution in [2.75, 3.05) is 44.2 Å². The smallest absolute Gasteiger partial charge is 0.480 e. The summed E-state index contributed by atoms with van der Waals surface area (Å²) in [5.41, 5.74) is 2.25. The van der Waals surface area contributed by atoms with Crippen molar-refractivity contribution < 1.29 is 33.0 Å². The Morgan fingerprint density at radius 1 is 1.12 bits per heavy atom. The predicted molar refractivity (Wildman–Crippen MR) is 117 cm³/mol. The molecule has 1 aromatic rings. The Kier molecular flexibility index (Phi) is 9.47. The van der Waals surface area contributed by atoms with Crippen molar-refractivity contribution in [2.24, 2.45) is 10.9 Å². The van der Waals surface area contributed by atoms with Gasteiger partial charge in [-0.2, -0.15) is 18.3 Å². The SMILES string of the molecule is CC1CN(c2ccc(/C=N\N)cc2)CCN1C1CCN(CC(=O)O)CC1.O=C(O)C(F)(F)F. The number of piperidine rings is 1. The lowest BCUT2D eigenvalue weighted by atomic mass is 9.99. The Bertz CT molecular complexity index is 811. The minimum absolute atomic E-state index is 0.168. The molecule has 0 radical (unpaired) electrons. The molecular formula is C21H30F3N5O4. The molecule has 1 aromatic carbocycles. The van der Waals surface area contributed by atoms with E-state index in [1.807, 2.05) is 17.0 Å². The second-order valence-electron chi connectivity index (χ2n) is 8.11. The molecule has 1 unspecified atom stereocenters. The van der Waals surface area contributed by atoms with E-state index >= 15 is 0 Å². The van der Waals surface area contributed by atoms with Gasteiger partial charge in [-0.15, -0.1) is 0 Å². The predicted octanol–water partition coefficient (Wildman–Crippen LogP) is 1.67. The molecule has 4 N–H and O–H groups in total. The van der Waals surface area contributed by atoms with Crippen LogP contribution in [0.25, 0.3) is 0 Å². The quantitative estimate of drug-likeness (QED) is 0.335. The van der Waals surface area contributed by atoms with E-state index in [-0.39, 0.29) is 6.54 Å². The van der Waals surface area contributed by atoms with Crippen molar-refractivity contribution >= 4 is 23.8 Å². The number of benzene rings is 1. The summed E-state index contributed by atoms with van der Waals surface area (Å²) in [4.78, 5) is 26.9. The van der Waals surface area contributed by atoms with Gasteiger partial charge in [-0.1, -0.05) is 12.1 Å². The summed E-state index contributed by atoms with van der Waals surface area (Å²) >= 11 is 0. The molecule has 0 saturated carbocycles. The molecule has 2 aliphatic rings. The highest BCUT2D eigenvalue weighted by molar-refractivity contribution is 5.80. The minimum Gasteiger partial charge on any atom is -0.480 e. The molecule has 1 atom stereocenters. The Morgan fingerprint density at radius 3 is 2.15 bits per heavy atom. The number of halogens is 3. The van der Waals surface area contributed by atoms with E-state index in [9.17, 15) is 18.0 Å². The van der Waals surface area contributed by atoms with Crippen LogP contribution in [-0.4, -0.2) is 95.7 Å². The average Bonchev–Trinajstić information content (AvgIpc) is 2.74. The number of carboxylic acids is 2. The Balaban J connectivity index is 0.000000479. The zero-order chi connectivity index (χ0) is 24.6. The molecule has 2 heterocycles. The lowest BCUT2D eigenvalue weighted by molar-refractivity contribution is -0.192. The number of rotatable bonds is 5. The Morgan fingerprint density at radius 2 is 1.70 bits per heavy atom. The summed E-state index contributed by atoms with van der Waals surface area (Å²) in [6.07, 6.45) is -1.31. The Hall–Kier alpha value is -2.86. The van der Waals surface area contributed by atoms with Gasteiger partial charge in [0.2, 0.25) is 0 Å². The van der Waals surface area contributed by atoms with Gasteiger partial charge >= 0.3 is 18.1 Å². The number of likely N-dealkylation sites (tertiary alicyclic amines) is 1. The number of nitrogens with two attached hydrogens (primary N) is 1. The van der Waals surface area contributed by atoms with Crippen LogP contribution in [0, 0.1) is 0 Å². The lowest BCUT2D eigenvalue weighted by Gasteiger charge is -2.47. The van der Waals surface area contributed by atoms with Crippen LogP contribution in [0.1, 0.15) is 25.3 Å².